The van der Waals surface area contributed by atoms with Gasteiger partial charge in [-0.25, -0.2) is 29.3 Å². The number of aryl methyl sites for hydroxylation is 4. The molecule has 8 aromatic rings. The average Bonchev–Trinajstić information content (AvgIpc) is 3.89. The Bertz CT molecular complexity index is 2750. The first-order valence-corrected chi connectivity index (χ1v) is 19.4. The van der Waals surface area contributed by atoms with Gasteiger partial charge in [0.05, 0.1) is 46.0 Å². The summed E-state index contributed by atoms with van der Waals surface area (Å²) in [5.41, 5.74) is 19.6. The van der Waals surface area contributed by atoms with Crippen LogP contribution in [-0.2, 0) is 9.31 Å². The van der Waals surface area contributed by atoms with E-state index in [-0.39, 0.29) is 18.3 Å². The lowest BCUT2D eigenvalue weighted by Gasteiger charge is -2.32. The molecule has 1 fully saturated rings. The number of hydrogen-bond acceptors (Lipinski definition) is 12. The fourth-order valence-electron chi connectivity index (χ4n) is 6.38. The van der Waals surface area contributed by atoms with Crippen LogP contribution in [0.25, 0.3) is 44.7 Å². The maximum atomic E-state index is 6.11. The second kappa shape index (κ2) is 16.0. The molecule has 0 aliphatic carbocycles. The highest BCUT2D eigenvalue weighted by molar-refractivity contribution is 9.10. The highest BCUT2D eigenvalue weighted by Crippen LogP contribution is 2.37. The number of nitrogen functional groups attached to an aromatic ring is 2. The van der Waals surface area contributed by atoms with Crippen LogP contribution in [0.5, 0.6) is 0 Å². The van der Waals surface area contributed by atoms with E-state index in [0.29, 0.717) is 27.9 Å². The van der Waals surface area contributed by atoms with Crippen LogP contribution in [0.2, 0.25) is 0 Å². The number of aromatic nitrogens is 10. The molecule has 9 rings (SSSR count). The summed E-state index contributed by atoms with van der Waals surface area (Å²) < 4.78 is 16.2. The molecule has 294 valence electrons. The molecule has 1 aliphatic rings. The van der Waals surface area contributed by atoms with Crippen LogP contribution in [0, 0.1) is 27.7 Å². The van der Waals surface area contributed by atoms with E-state index in [4.69, 9.17) is 20.8 Å². The lowest BCUT2D eigenvalue weighted by Crippen LogP contribution is -2.41. The highest BCUT2D eigenvalue weighted by Gasteiger charge is 2.51. The van der Waals surface area contributed by atoms with Crippen molar-refractivity contribution >= 4 is 62.0 Å². The largest absolute Gasteiger partial charge is 0.494 e. The summed E-state index contributed by atoms with van der Waals surface area (Å²) in [4.78, 5) is 26.0. The smallest absolute Gasteiger partial charge is 0.399 e. The number of nitrogens with zero attached hydrogens (tertiary/aromatic N) is 10. The van der Waals surface area contributed by atoms with Crippen molar-refractivity contribution < 1.29 is 9.31 Å². The second-order valence-electron chi connectivity index (χ2n) is 15.0. The number of hydrogen-bond donors (Lipinski definition) is 2. The Morgan fingerprint density at radius 1 is 0.638 bits per heavy atom. The van der Waals surface area contributed by atoms with Crippen LogP contribution in [0.4, 0.5) is 11.6 Å². The number of benzene rings is 2. The van der Waals surface area contributed by atoms with Crippen LogP contribution in [0.1, 0.15) is 50.2 Å². The third-order valence-corrected chi connectivity index (χ3v) is 10.6. The number of anilines is 2. The van der Waals surface area contributed by atoms with Crippen molar-refractivity contribution in [1.29, 1.82) is 0 Å². The Morgan fingerprint density at radius 3 is 1.72 bits per heavy atom. The first-order chi connectivity index (χ1) is 27.6. The molecular weight excluding hydrogens is 795 g/mol. The summed E-state index contributed by atoms with van der Waals surface area (Å²) >= 11 is 3.29. The number of pyridine rings is 2. The van der Waals surface area contributed by atoms with Gasteiger partial charge in [0, 0.05) is 41.1 Å². The molecule has 14 nitrogen and oxygen atoms in total. The molecule has 2 aromatic carbocycles. The van der Waals surface area contributed by atoms with E-state index in [1.54, 1.807) is 21.8 Å². The van der Waals surface area contributed by atoms with E-state index in [1.807, 2.05) is 69.7 Å². The zero-order valence-corrected chi connectivity index (χ0v) is 35.2. The van der Waals surface area contributed by atoms with Crippen molar-refractivity contribution in [1.82, 2.24) is 49.5 Å². The lowest BCUT2D eigenvalue weighted by atomic mass is 9.77. The Hall–Kier alpha value is -6.10. The number of halogens is 1. The molecule has 0 amide bonds. The topological polar surface area (TPSA) is 183 Å². The summed E-state index contributed by atoms with van der Waals surface area (Å²) in [5, 5.41) is 10.8. The lowest BCUT2D eigenvalue weighted by molar-refractivity contribution is 0.00578. The zero-order chi connectivity index (χ0) is 41.4. The van der Waals surface area contributed by atoms with Crippen LogP contribution < -0.4 is 16.9 Å². The van der Waals surface area contributed by atoms with Gasteiger partial charge in [-0.05, 0) is 124 Å². The van der Waals surface area contributed by atoms with Gasteiger partial charge in [-0.2, -0.15) is 10.2 Å². The van der Waals surface area contributed by atoms with Gasteiger partial charge in [-0.15, -0.1) is 0 Å². The molecule has 0 saturated carbocycles. The van der Waals surface area contributed by atoms with E-state index in [2.05, 4.69) is 121 Å². The Labute approximate surface area is 345 Å². The fraction of sp³-hybridized carbons (Fsp3) is 0.238. The Morgan fingerprint density at radius 2 is 1.16 bits per heavy atom. The SMILES string of the molecule is Cc1cc(B2OC(C)(C)C(C)(C)O2)cc2cccnc12.Cc1ccn(-c2nc(N)cnc2-c2cc(C)c3ncccc3c2)n1.Cc1ccn(-c2nc(N)cnc2Br)n1. The van der Waals surface area contributed by atoms with E-state index in [9.17, 15) is 0 Å². The van der Waals surface area contributed by atoms with Gasteiger partial charge in [-0.1, -0.05) is 24.3 Å². The molecule has 1 aliphatic heterocycles. The van der Waals surface area contributed by atoms with Crippen LogP contribution >= 0.6 is 15.9 Å². The third-order valence-electron chi connectivity index (χ3n) is 9.99. The molecule has 0 atom stereocenters. The van der Waals surface area contributed by atoms with Crippen molar-refractivity contribution in [3.05, 3.63) is 125 Å². The standard InChI is InChI=1S/C18H16N6.C16H20BNO2.C8H8BrN5/c1-11-8-14(9-13-4-3-6-20-16(11)13)17-18(22-15(19)10-21-17)24-7-5-12(2)23-24;1-11-9-13(10-12-7-6-8-18-14(11)12)17-19-15(2,3)16(4,5)20-17;1-5-2-3-14(13-5)8-7(9)11-4-6(10)12-8/h3-10H,1-2H3,(H2,19,22);6-10H,1-5H3;2-4H,1H3,(H2,10,12). The molecule has 58 heavy (non-hydrogen) atoms. The van der Waals surface area contributed by atoms with Crippen LogP contribution in [0.3, 0.4) is 0 Å². The maximum Gasteiger partial charge on any atom is 0.494 e. The zero-order valence-electron chi connectivity index (χ0n) is 33.6. The van der Waals surface area contributed by atoms with Crippen molar-refractivity contribution in [2.24, 2.45) is 0 Å². The molecule has 0 bridgehead atoms. The second-order valence-corrected chi connectivity index (χ2v) is 15.8. The Balaban J connectivity index is 0.000000137. The summed E-state index contributed by atoms with van der Waals surface area (Å²) in [6.07, 6.45) is 10.4. The summed E-state index contributed by atoms with van der Waals surface area (Å²) in [6, 6.07) is 20.2. The van der Waals surface area contributed by atoms with Crippen molar-refractivity contribution in [2.75, 3.05) is 11.5 Å². The molecule has 6 aromatic heterocycles. The first kappa shape index (κ1) is 40.1. The van der Waals surface area contributed by atoms with Crippen molar-refractivity contribution in [3.8, 4) is 22.9 Å². The van der Waals surface area contributed by atoms with E-state index < -0.39 is 0 Å². The average molecular weight is 840 g/mol. The Kier molecular flexibility index (Phi) is 11.1. The molecule has 0 spiro atoms. The van der Waals surface area contributed by atoms with E-state index >= 15 is 0 Å². The maximum absolute atomic E-state index is 6.11. The molecule has 7 heterocycles. The van der Waals surface area contributed by atoms with Crippen LogP contribution in [0.15, 0.2) is 102 Å². The summed E-state index contributed by atoms with van der Waals surface area (Å²) in [6.45, 7) is 16.2. The molecule has 4 N–H and O–H groups in total. The van der Waals surface area contributed by atoms with Gasteiger partial charge < -0.3 is 20.8 Å². The third kappa shape index (κ3) is 8.44. The van der Waals surface area contributed by atoms with Gasteiger partial charge in [0.1, 0.15) is 17.3 Å². The minimum Gasteiger partial charge on any atom is -0.399 e. The summed E-state index contributed by atoms with van der Waals surface area (Å²) in [7, 11) is -0.316. The quantitative estimate of drug-likeness (QED) is 0.170. The molecular formula is C42H44BBrN12O2. The van der Waals surface area contributed by atoms with Crippen molar-refractivity contribution in [3.63, 3.8) is 0 Å². The number of rotatable bonds is 4. The van der Waals surface area contributed by atoms with Crippen molar-refractivity contribution in [2.45, 2.75) is 66.6 Å². The van der Waals surface area contributed by atoms with E-state index in [1.165, 1.54) is 6.20 Å². The van der Waals surface area contributed by atoms with Crippen LogP contribution in [-0.4, -0.2) is 67.8 Å². The normalized spacial score (nSPS) is 14.2. The van der Waals surface area contributed by atoms with Gasteiger partial charge in [0.15, 0.2) is 16.2 Å². The molecule has 0 radical (unpaired) electrons. The monoisotopic (exact) mass is 838 g/mol. The molecule has 0 unspecified atom stereocenters. The molecule has 16 heteroatoms. The van der Waals surface area contributed by atoms with Gasteiger partial charge >= 0.3 is 7.12 Å². The van der Waals surface area contributed by atoms with Gasteiger partial charge in [0.2, 0.25) is 0 Å². The predicted octanol–water partition coefficient (Wildman–Crippen LogP) is 7.23. The van der Waals surface area contributed by atoms with Gasteiger partial charge in [-0.3, -0.25) is 9.97 Å². The first-order valence-electron chi connectivity index (χ1n) is 18.6. The summed E-state index contributed by atoms with van der Waals surface area (Å²) in [5.74, 6) is 1.95. The minimum absolute atomic E-state index is 0.310. The fourth-order valence-corrected chi connectivity index (χ4v) is 6.75. The highest BCUT2D eigenvalue weighted by atomic mass is 79.9. The van der Waals surface area contributed by atoms with Gasteiger partial charge in [0.25, 0.3) is 0 Å². The van der Waals surface area contributed by atoms with E-state index in [0.717, 1.165) is 61.0 Å². The number of fused-ring (bicyclic) bond motifs is 2. The number of nitrogens with two attached hydrogens (primary N) is 2. The molecule has 1 saturated heterocycles. The minimum atomic E-state index is -0.316. The predicted molar refractivity (Wildman–Crippen MR) is 232 cm³/mol.